The topological polar surface area (TPSA) is 73.7 Å². The van der Waals surface area contributed by atoms with E-state index in [2.05, 4.69) is 15.2 Å². The first-order chi connectivity index (χ1) is 18.5. The minimum absolute atomic E-state index is 0.00975. The molecule has 0 radical (unpaired) electrons. The molecule has 1 aromatic heterocycles. The van der Waals surface area contributed by atoms with Crippen LogP contribution in [-0.2, 0) is 6.54 Å². The van der Waals surface area contributed by atoms with Crippen molar-refractivity contribution in [2.24, 2.45) is 4.99 Å². The van der Waals surface area contributed by atoms with Gasteiger partial charge in [0.25, 0.3) is 5.91 Å². The van der Waals surface area contributed by atoms with Crippen LogP contribution in [0.15, 0.2) is 77.9 Å². The summed E-state index contributed by atoms with van der Waals surface area (Å²) in [6, 6.07) is 19.3. The third-order valence-electron chi connectivity index (χ3n) is 6.71. The molecule has 0 unspecified atom stereocenters. The molecule has 3 aromatic carbocycles. The summed E-state index contributed by atoms with van der Waals surface area (Å²) in [5.74, 6) is 0.0144. The molecule has 9 heteroatoms. The van der Waals surface area contributed by atoms with Crippen LogP contribution in [0.2, 0.25) is 5.02 Å². The molecule has 3 heterocycles. The number of halogens is 2. The number of anilines is 2. The van der Waals surface area contributed by atoms with E-state index in [1.54, 1.807) is 36.5 Å². The lowest BCUT2D eigenvalue weighted by atomic mass is 9.95. The highest BCUT2D eigenvalue weighted by Crippen LogP contribution is 2.34. The minimum Gasteiger partial charge on any atom is -0.324 e. The van der Waals surface area contributed by atoms with E-state index in [9.17, 15) is 9.18 Å². The van der Waals surface area contributed by atoms with Crippen molar-refractivity contribution in [2.45, 2.75) is 6.54 Å². The number of carbonyl (C=O) groups excluding carboxylic acids is 1. The van der Waals surface area contributed by atoms with E-state index >= 15 is 0 Å². The van der Waals surface area contributed by atoms with Gasteiger partial charge in [-0.15, -0.1) is 0 Å². The summed E-state index contributed by atoms with van der Waals surface area (Å²) in [6.45, 7) is 2.48. The number of aliphatic imine (C=N–C) groups is 1. The molecule has 0 atom stereocenters. The predicted molar refractivity (Wildman–Crippen MR) is 146 cm³/mol. The Balaban J connectivity index is 1.34. The van der Waals surface area contributed by atoms with Gasteiger partial charge in [-0.25, -0.2) is 14.4 Å². The zero-order valence-corrected chi connectivity index (χ0v) is 21.4. The molecule has 38 heavy (non-hydrogen) atoms. The van der Waals surface area contributed by atoms with E-state index in [-0.39, 0.29) is 11.7 Å². The maximum absolute atomic E-state index is 14.8. The molecule has 1 N–H and O–H groups in total. The highest BCUT2D eigenvalue weighted by atomic mass is 35.5. The predicted octanol–water partition coefficient (Wildman–Crippen LogP) is 5.38. The van der Waals surface area contributed by atoms with Crippen LogP contribution in [0.1, 0.15) is 27.0 Å². The zero-order valence-electron chi connectivity index (χ0n) is 20.7. The Kier molecular flexibility index (Phi) is 6.35. The zero-order chi connectivity index (χ0) is 26.2. The molecule has 0 bridgehead atoms. The Morgan fingerprint density at radius 3 is 2.68 bits per heavy atom. The Morgan fingerprint density at radius 1 is 1.00 bits per heavy atom. The van der Waals surface area contributed by atoms with Crippen LogP contribution in [0.4, 0.5) is 16.0 Å². The molecule has 2 aliphatic heterocycles. The normalized spacial score (nSPS) is 14.9. The second-order valence-electron chi connectivity index (χ2n) is 9.40. The van der Waals surface area contributed by atoms with Gasteiger partial charge in [-0.05, 0) is 49.5 Å². The van der Waals surface area contributed by atoms with Crippen molar-refractivity contribution in [3.05, 3.63) is 106 Å². The Hall–Kier alpha value is -4.14. The molecule has 0 spiro atoms. The highest BCUT2D eigenvalue weighted by molar-refractivity contribution is 6.31. The maximum Gasteiger partial charge on any atom is 0.255 e. The molecule has 0 aliphatic carbocycles. The first kappa shape index (κ1) is 24.2. The molecular formula is C29H24ClFN6O. The third kappa shape index (κ3) is 4.64. The van der Waals surface area contributed by atoms with Crippen molar-refractivity contribution < 1.29 is 9.18 Å². The lowest BCUT2D eigenvalue weighted by Gasteiger charge is -2.16. The first-order valence-corrected chi connectivity index (χ1v) is 12.6. The van der Waals surface area contributed by atoms with Crippen LogP contribution in [0.5, 0.6) is 0 Å². The molecule has 1 saturated heterocycles. The van der Waals surface area contributed by atoms with Gasteiger partial charge in [0.2, 0.25) is 5.95 Å². The van der Waals surface area contributed by atoms with Gasteiger partial charge in [0.15, 0.2) is 0 Å². The van der Waals surface area contributed by atoms with Gasteiger partial charge in [-0.3, -0.25) is 14.7 Å². The van der Waals surface area contributed by atoms with Crippen LogP contribution < -0.4 is 5.32 Å². The number of rotatable bonds is 4. The Bertz CT molecular complexity index is 1590. The van der Waals surface area contributed by atoms with Gasteiger partial charge in [0.05, 0.1) is 24.6 Å². The van der Waals surface area contributed by atoms with E-state index in [4.69, 9.17) is 21.6 Å². The number of nitrogens with one attached hydrogen (secondary N) is 1. The summed E-state index contributed by atoms with van der Waals surface area (Å²) < 4.78 is 14.8. The summed E-state index contributed by atoms with van der Waals surface area (Å²) >= 11 is 6.36. The third-order valence-corrected chi connectivity index (χ3v) is 6.94. The molecule has 0 saturated carbocycles. The van der Waals surface area contributed by atoms with Crippen LogP contribution in [0.3, 0.4) is 0 Å². The van der Waals surface area contributed by atoms with Crippen molar-refractivity contribution >= 4 is 34.9 Å². The fourth-order valence-corrected chi connectivity index (χ4v) is 4.97. The number of fused-ring (bicyclic) bond motifs is 3. The number of benzene rings is 3. The van der Waals surface area contributed by atoms with Gasteiger partial charge in [0.1, 0.15) is 5.82 Å². The summed E-state index contributed by atoms with van der Waals surface area (Å²) in [4.78, 5) is 30.9. The molecule has 4 aromatic rings. The number of hydrogen-bond acceptors (Lipinski definition) is 6. The van der Waals surface area contributed by atoms with Crippen LogP contribution >= 0.6 is 11.6 Å². The fourth-order valence-electron chi connectivity index (χ4n) is 4.80. The Labute approximate surface area is 224 Å². The lowest BCUT2D eigenvalue weighted by Crippen LogP contribution is -2.30. The second-order valence-corrected chi connectivity index (χ2v) is 9.83. The maximum atomic E-state index is 14.8. The summed E-state index contributed by atoms with van der Waals surface area (Å²) in [5, 5.41) is 3.76. The monoisotopic (exact) mass is 526 g/mol. The van der Waals surface area contributed by atoms with E-state index in [1.165, 1.54) is 6.07 Å². The largest absolute Gasteiger partial charge is 0.324 e. The van der Waals surface area contributed by atoms with Gasteiger partial charge in [-0.2, -0.15) is 0 Å². The molecule has 1 amide bonds. The number of nitrogens with zero attached hydrogens (tertiary/aromatic N) is 5. The standard InChI is InChI=1S/C29H24ClFN6O/c1-36-11-12-37(17-36)28(38)18-5-4-6-21(13-18)34-29-33-16-19-15-32-27(23-7-2-3-8-25(23)31)24-14-20(30)9-10-22(24)26(19)35-29/h2-10,13-14,16H,11-12,15,17H2,1H3,(H,33,34,35). The smallest absolute Gasteiger partial charge is 0.255 e. The lowest BCUT2D eigenvalue weighted by molar-refractivity contribution is 0.0772. The molecule has 2 aliphatic rings. The number of likely N-dealkylation sites (N-methyl/N-ethyl adjacent to an activating group) is 1. The van der Waals surface area contributed by atoms with E-state index in [1.807, 2.05) is 42.3 Å². The Morgan fingerprint density at radius 2 is 1.87 bits per heavy atom. The summed E-state index contributed by atoms with van der Waals surface area (Å²) in [7, 11) is 2.00. The quantitative estimate of drug-likeness (QED) is 0.387. The van der Waals surface area contributed by atoms with Crippen molar-refractivity contribution in [1.29, 1.82) is 0 Å². The van der Waals surface area contributed by atoms with Crippen molar-refractivity contribution in [3.8, 4) is 11.3 Å². The average Bonchev–Trinajstić information content (AvgIpc) is 3.29. The van der Waals surface area contributed by atoms with Crippen molar-refractivity contribution in [2.75, 3.05) is 32.1 Å². The average molecular weight is 527 g/mol. The van der Waals surface area contributed by atoms with Crippen molar-refractivity contribution in [3.63, 3.8) is 0 Å². The van der Waals surface area contributed by atoms with E-state index < -0.39 is 0 Å². The molecule has 1 fully saturated rings. The number of hydrogen-bond donors (Lipinski definition) is 1. The summed E-state index contributed by atoms with van der Waals surface area (Å²) in [5.41, 5.74) is 5.22. The SMILES string of the molecule is CN1CCN(C(=O)c2cccc(Nc3ncc4c(n3)-c3ccc(Cl)cc3C(c3ccccc3F)=NC4)c2)C1. The fraction of sp³-hybridized carbons (Fsp3) is 0.172. The van der Waals surface area contributed by atoms with E-state index in [0.717, 1.165) is 17.7 Å². The van der Waals surface area contributed by atoms with Gasteiger partial charge in [0, 0.05) is 57.8 Å². The van der Waals surface area contributed by atoms with Gasteiger partial charge < -0.3 is 10.2 Å². The van der Waals surface area contributed by atoms with Gasteiger partial charge in [-0.1, -0.05) is 35.9 Å². The van der Waals surface area contributed by atoms with Gasteiger partial charge >= 0.3 is 0 Å². The van der Waals surface area contributed by atoms with Crippen LogP contribution in [0, 0.1) is 5.82 Å². The number of aromatic nitrogens is 2. The second kappa shape index (κ2) is 9.96. The summed E-state index contributed by atoms with van der Waals surface area (Å²) in [6.07, 6.45) is 1.73. The first-order valence-electron chi connectivity index (χ1n) is 12.3. The molecule has 190 valence electrons. The molecule has 7 nitrogen and oxygen atoms in total. The van der Waals surface area contributed by atoms with Crippen molar-refractivity contribution in [1.82, 2.24) is 19.8 Å². The molecular weight excluding hydrogens is 503 g/mol. The molecule has 6 rings (SSSR count). The number of carbonyl (C=O) groups is 1. The number of amides is 1. The van der Waals surface area contributed by atoms with Crippen LogP contribution in [0.25, 0.3) is 11.3 Å². The van der Waals surface area contributed by atoms with Crippen LogP contribution in [-0.4, -0.2) is 58.2 Å². The van der Waals surface area contributed by atoms with E-state index in [0.29, 0.717) is 64.5 Å². The minimum atomic E-state index is -0.355. The highest BCUT2D eigenvalue weighted by Gasteiger charge is 2.24.